The van der Waals surface area contributed by atoms with Gasteiger partial charge in [0.25, 0.3) is 0 Å². The van der Waals surface area contributed by atoms with Crippen LogP contribution in [0, 0.1) is 0 Å². The van der Waals surface area contributed by atoms with Crippen molar-refractivity contribution in [2.45, 2.75) is 44.8 Å². The van der Waals surface area contributed by atoms with Gasteiger partial charge in [0.05, 0.1) is 18.0 Å². The zero-order valence-electron chi connectivity index (χ0n) is 17.1. The lowest BCUT2D eigenvalue weighted by Crippen LogP contribution is -2.41. The Labute approximate surface area is 172 Å². The molecule has 2 aromatic rings. The maximum Gasteiger partial charge on any atom is 0.232 e. The van der Waals surface area contributed by atoms with E-state index in [2.05, 4.69) is 5.32 Å². The SMILES string of the molecule is CC1(C)CC(NC(=O)CCCN(c2ccccc2)S(C)(=O)=O)c2ccccc2O1. The predicted molar refractivity (Wildman–Crippen MR) is 115 cm³/mol. The molecule has 0 bridgehead atoms. The average Bonchev–Trinajstić information content (AvgIpc) is 2.64. The maximum atomic E-state index is 12.6. The number of rotatable bonds is 7. The van der Waals surface area contributed by atoms with Crippen LogP contribution in [0.25, 0.3) is 0 Å². The number of fused-ring (bicyclic) bond motifs is 1. The molecule has 0 saturated heterocycles. The summed E-state index contributed by atoms with van der Waals surface area (Å²) >= 11 is 0. The minimum Gasteiger partial charge on any atom is -0.487 e. The number of carbonyl (C=O) groups excluding carboxylic acids is 1. The summed E-state index contributed by atoms with van der Waals surface area (Å²) in [5, 5.41) is 3.10. The zero-order valence-corrected chi connectivity index (χ0v) is 17.9. The van der Waals surface area contributed by atoms with E-state index < -0.39 is 10.0 Å². The van der Waals surface area contributed by atoms with E-state index in [-0.39, 0.29) is 30.5 Å². The van der Waals surface area contributed by atoms with Crippen LogP contribution in [0.5, 0.6) is 5.75 Å². The fourth-order valence-electron chi connectivity index (χ4n) is 3.66. The second-order valence-electron chi connectivity index (χ2n) is 8.00. The van der Waals surface area contributed by atoms with E-state index in [1.54, 1.807) is 24.3 Å². The first-order chi connectivity index (χ1) is 13.7. The summed E-state index contributed by atoms with van der Waals surface area (Å²) < 4.78 is 31.6. The molecular formula is C22H28N2O4S. The molecule has 1 heterocycles. The predicted octanol–water partition coefficient (Wildman–Crippen LogP) is 3.65. The van der Waals surface area contributed by atoms with Crippen molar-refractivity contribution in [3.8, 4) is 5.75 Å². The monoisotopic (exact) mass is 416 g/mol. The van der Waals surface area contributed by atoms with Gasteiger partial charge in [-0.2, -0.15) is 0 Å². The first-order valence-corrected chi connectivity index (χ1v) is 11.6. The van der Waals surface area contributed by atoms with Gasteiger partial charge in [0.2, 0.25) is 15.9 Å². The van der Waals surface area contributed by atoms with Crippen LogP contribution in [0.2, 0.25) is 0 Å². The molecule has 0 radical (unpaired) electrons. The number of benzene rings is 2. The van der Waals surface area contributed by atoms with E-state index in [1.165, 1.54) is 10.6 Å². The molecule has 0 saturated carbocycles. The number of para-hydroxylation sites is 2. The quantitative estimate of drug-likeness (QED) is 0.748. The van der Waals surface area contributed by atoms with E-state index in [4.69, 9.17) is 4.74 Å². The second kappa shape index (κ2) is 8.45. The number of anilines is 1. The summed E-state index contributed by atoms with van der Waals surface area (Å²) in [4.78, 5) is 12.6. The minimum atomic E-state index is -3.41. The molecule has 3 rings (SSSR count). The zero-order chi connectivity index (χ0) is 21.1. The number of ether oxygens (including phenoxy) is 1. The molecular weight excluding hydrogens is 388 g/mol. The number of nitrogens with one attached hydrogen (secondary N) is 1. The molecule has 0 aliphatic carbocycles. The fraction of sp³-hybridized carbons (Fsp3) is 0.409. The summed E-state index contributed by atoms with van der Waals surface area (Å²) in [7, 11) is -3.41. The van der Waals surface area contributed by atoms with Gasteiger partial charge >= 0.3 is 0 Å². The van der Waals surface area contributed by atoms with Crippen molar-refractivity contribution >= 4 is 21.6 Å². The van der Waals surface area contributed by atoms with Gasteiger partial charge in [-0.15, -0.1) is 0 Å². The van der Waals surface area contributed by atoms with Gasteiger partial charge in [-0.25, -0.2) is 8.42 Å². The molecule has 1 aliphatic rings. The lowest BCUT2D eigenvalue weighted by molar-refractivity contribution is -0.122. The van der Waals surface area contributed by atoms with E-state index in [9.17, 15) is 13.2 Å². The van der Waals surface area contributed by atoms with E-state index in [0.717, 1.165) is 11.3 Å². The molecule has 2 aromatic carbocycles. The number of amides is 1. The Bertz CT molecular complexity index is 958. The van der Waals surface area contributed by atoms with Crippen LogP contribution in [-0.4, -0.2) is 32.7 Å². The molecule has 156 valence electrons. The van der Waals surface area contributed by atoms with Crippen LogP contribution >= 0.6 is 0 Å². The number of hydrogen-bond donors (Lipinski definition) is 1. The highest BCUT2D eigenvalue weighted by atomic mass is 32.2. The molecule has 29 heavy (non-hydrogen) atoms. The van der Waals surface area contributed by atoms with Gasteiger partial charge in [0.1, 0.15) is 11.4 Å². The van der Waals surface area contributed by atoms with Gasteiger partial charge in [0.15, 0.2) is 0 Å². The number of nitrogens with zero attached hydrogens (tertiary/aromatic N) is 1. The average molecular weight is 417 g/mol. The third kappa shape index (κ3) is 5.50. The van der Waals surface area contributed by atoms with Crippen LogP contribution in [0.1, 0.15) is 44.7 Å². The Morgan fingerprint density at radius 2 is 1.79 bits per heavy atom. The molecule has 6 nitrogen and oxygen atoms in total. The highest BCUT2D eigenvalue weighted by Gasteiger charge is 2.34. The Balaban J connectivity index is 1.61. The lowest BCUT2D eigenvalue weighted by Gasteiger charge is -2.37. The Kier molecular flexibility index (Phi) is 6.17. The largest absolute Gasteiger partial charge is 0.487 e. The summed E-state index contributed by atoms with van der Waals surface area (Å²) in [6.07, 6.45) is 2.54. The van der Waals surface area contributed by atoms with Crippen LogP contribution in [0.15, 0.2) is 54.6 Å². The van der Waals surface area contributed by atoms with Gasteiger partial charge in [0, 0.05) is 24.9 Å². The number of hydrogen-bond acceptors (Lipinski definition) is 4. The van der Waals surface area contributed by atoms with Crippen molar-refractivity contribution in [1.29, 1.82) is 0 Å². The Morgan fingerprint density at radius 1 is 1.14 bits per heavy atom. The molecule has 0 aromatic heterocycles. The van der Waals surface area contributed by atoms with Gasteiger partial charge in [-0.3, -0.25) is 9.10 Å². The summed E-state index contributed by atoms with van der Waals surface area (Å²) in [6.45, 7) is 4.27. The van der Waals surface area contributed by atoms with Crippen molar-refractivity contribution in [2.24, 2.45) is 0 Å². The third-order valence-corrected chi connectivity index (χ3v) is 6.12. The van der Waals surface area contributed by atoms with Crippen LogP contribution in [0.4, 0.5) is 5.69 Å². The standard InChI is InChI=1S/C22H28N2O4S/c1-22(2)16-19(18-12-7-8-13-20(18)28-22)23-21(25)14-9-15-24(29(3,26)27)17-10-5-4-6-11-17/h4-8,10-13,19H,9,14-16H2,1-3H3,(H,23,25). The molecule has 1 N–H and O–H groups in total. The van der Waals surface area contributed by atoms with Crippen molar-refractivity contribution in [3.05, 3.63) is 60.2 Å². The lowest BCUT2D eigenvalue weighted by atomic mass is 9.89. The molecule has 1 unspecified atom stereocenters. The number of carbonyl (C=O) groups is 1. The molecule has 0 spiro atoms. The third-order valence-electron chi connectivity index (χ3n) is 4.92. The topological polar surface area (TPSA) is 75.7 Å². The van der Waals surface area contributed by atoms with Gasteiger partial charge in [-0.1, -0.05) is 36.4 Å². The molecule has 1 atom stereocenters. The highest BCUT2D eigenvalue weighted by molar-refractivity contribution is 7.92. The Morgan fingerprint density at radius 3 is 2.48 bits per heavy atom. The smallest absolute Gasteiger partial charge is 0.232 e. The molecule has 1 amide bonds. The molecule has 0 fully saturated rings. The van der Waals surface area contributed by atoms with Gasteiger partial charge in [-0.05, 0) is 38.5 Å². The van der Waals surface area contributed by atoms with E-state index in [0.29, 0.717) is 18.5 Å². The van der Waals surface area contributed by atoms with Crippen molar-refractivity contribution < 1.29 is 17.9 Å². The Hall–Kier alpha value is -2.54. The van der Waals surface area contributed by atoms with Crippen LogP contribution in [-0.2, 0) is 14.8 Å². The maximum absolute atomic E-state index is 12.6. The van der Waals surface area contributed by atoms with Crippen molar-refractivity contribution in [3.63, 3.8) is 0 Å². The summed E-state index contributed by atoms with van der Waals surface area (Å²) in [6, 6.07) is 16.5. The molecule has 7 heteroatoms. The van der Waals surface area contributed by atoms with E-state index in [1.807, 2.05) is 44.2 Å². The number of sulfonamides is 1. The van der Waals surface area contributed by atoms with Crippen LogP contribution in [0.3, 0.4) is 0 Å². The van der Waals surface area contributed by atoms with E-state index >= 15 is 0 Å². The first-order valence-electron chi connectivity index (χ1n) is 9.76. The summed E-state index contributed by atoms with van der Waals surface area (Å²) in [5.74, 6) is 0.699. The summed E-state index contributed by atoms with van der Waals surface area (Å²) in [5.41, 5.74) is 1.21. The minimum absolute atomic E-state index is 0.0935. The van der Waals surface area contributed by atoms with Crippen LogP contribution < -0.4 is 14.4 Å². The van der Waals surface area contributed by atoms with Crippen molar-refractivity contribution in [1.82, 2.24) is 5.32 Å². The highest BCUT2D eigenvalue weighted by Crippen LogP contribution is 2.39. The van der Waals surface area contributed by atoms with Crippen molar-refractivity contribution in [2.75, 3.05) is 17.1 Å². The first kappa shape index (κ1) is 21.2. The fourth-order valence-corrected chi connectivity index (χ4v) is 4.63. The van der Waals surface area contributed by atoms with Gasteiger partial charge < -0.3 is 10.1 Å². The molecule has 1 aliphatic heterocycles. The second-order valence-corrected chi connectivity index (χ2v) is 9.90. The normalized spacial score (nSPS) is 17.7.